The Balaban J connectivity index is 1.75. The van der Waals surface area contributed by atoms with Gasteiger partial charge in [-0.15, -0.1) is 0 Å². The molecule has 0 saturated heterocycles. The van der Waals surface area contributed by atoms with Crippen molar-refractivity contribution in [3.8, 4) is 33.8 Å². The van der Waals surface area contributed by atoms with E-state index in [4.69, 9.17) is 4.18 Å². The molecule has 0 saturated carbocycles. The van der Waals surface area contributed by atoms with Gasteiger partial charge >= 0.3 is 12.4 Å². The Bertz CT molecular complexity index is 1660. The van der Waals surface area contributed by atoms with Gasteiger partial charge in [-0.3, -0.25) is 4.18 Å². The fourth-order valence-corrected chi connectivity index (χ4v) is 4.85. The van der Waals surface area contributed by atoms with Crippen molar-refractivity contribution >= 4 is 10.1 Å². The Kier molecular flexibility index (Phi) is 8.03. The molecule has 0 aliphatic carbocycles. The SMILES string of the molecule is CC(C)(C)COS(=O)(=O)c1cccc(-c2cccc(-c3nc(-c4ccc(C(F)(F)F)cc4)cc(C(F)(F)F)n3)c2)c1. The fourth-order valence-electron chi connectivity index (χ4n) is 3.69. The maximum atomic E-state index is 13.7. The Morgan fingerprint density at radius 1 is 0.683 bits per heavy atom. The number of rotatable bonds is 6. The zero-order valence-electron chi connectivity index (χ0n) is 22.0. The smallest absolute Gasteiger partial charge is 0.266 e. The van der Waals surface area contributed by atoms with Crippen molar-refractivity contribution in [3.63, 3.8) is 0 Å². The quantitative estimate of drug-likeness (QED) is 0.166. The van der Waals surface area contributed by atoms with Gasteiger partial charge in [-0.25, -0.2) is 9.97 Å². The molecule has 216 valence electrons. The minimum atomic E-state index is -4.86. The molecule has 1 aromatic heterocycles. The standard InChI is InChI=1S/C29H24F6N2O3S/c1-27(2,3)17-40-41(38,39)23-9-5-7-20(15-23)19-6-4-8-21(14-19)26-36-24(16-25(37-26)29(33,34)35)18-10-12-22(13-11-18)28(30,31)32/h4-16H,17H2,1-3H3. The molecule has 0 atom stereocenters. The molecule has 4 rings (SSSR count). The predicted molar refractivity (Wildman–Crippen MR) is 141 cm³/mol. The lowest BCUT2D eigenvalue weighted by Gasteiger charge is -2.17. The van der Waals surface area contributed by atoms with E-state index in [-0.39, 0.29) is 34.1 Å². The van der Waals surface area contributed by atoms with Gasteiger partial charge in [0.05, 0.1) is 22.8 Å². The van der Waals surface area contributed by atoms with E-state index >= 15 is 0 Å². The Morgan fingerprint density at radius 2 is 1.27 bits per heavy atom. The number of nitrogens with zero attached hydrogens (tertiary/aromatic N) is 2. The lowest BCUT2D eigenvalue weighted by atomic mass is 9.99. The van der Waals surface area contributed by atoms with E-state index < -0.39 is 39.1 Å². The average molecular weight is 595 g/mol. The third kappa shape index (κ3) is 7.50. The van der Waals surface area contributed by atoms with Crippen LogP contribution in [0.1, 0.15) is 32.0 Å². The van der Waals surface area contributed by atoms with E-state index in [1.807, 2.05) is 20.8 Å². The molecule has 0 unspecified atom stereocenters. The lowest BCUT2D eigenvalue weighted by Crippen LogP contribution is -2.18. The van der Waals surface area contributed by atoms with E-state index in [0.29, 0.717) is 17.2 Å². The molecule has 5 nitrogen and oxygen atoms in total. The number of aromatic nitrogens is 2. The number of halogens is 6. The maximum absolute atomic E-state index is 13.7. The molecule has 0 radical (unpaired) electrons. The Labute approximate surface area is 233 Å². The summed E-state index contributed by atoms with van der Waals surface area (Å²) in [6.07, 6.45) is -9.46. The van der Waals surface area contributed by atoms with Crippen LogP contribution < -0.4 is 0 Å². The Hall–Kier alpha value is -3.77. The summed E-state index contributed by atoms with van der Waals surface area (Å²) < 4.78 is 111. The molecule has 1 heterocycles. The van der Waals surface area contributed by atoms with Gasteiger partial charge in [0.2, 0.25) is 0 Å². The van der Waals surface area contributed by atoms with Crippen LogP contribution in [0.2, 0.25) is 0 Å². The first kappa shape index (κ1) is 30.2. The third-order valence-electron chi connectivity index (χ3n) is 5.75. The van der Waals surface area contributed by atoms with Crippen molar-refractivity contribution in [2.45, 2.75) is 38.0 Å². The van der Waals surface area contributed by atoms with Crippen LogP contribution in [0, 0.1) is 5.41 Å². The van der Waals surface area contributed by atoms with Crippen molar-refractivity contribution in [2.75, 3.05) is 6.61 Å². The summed E-state index contributed by atoms with van der Waals surface area (Å²) in [6.45, 7) is 5.43. The van der Waals surface area contributed by atoms with Crippen LogP contribution in [0.5, 0.6) is 0 Å². The molecule has 0 bridgehead atoms. The highest BCUT2D eigenvalue weighted by Gasteiger charge is 2.34. The molecule has 0 aliphatic heterocycles. The van der Waals surface area contributed by atoms with Gasteiger partial charge < -0.3 is 0 Å². The van der Waals surface area contributed by atoms with Crippen LogP contribution in [-0.4, -0.2) is 25.0 Å². The first-order chi connectivity index (χ1) is 18.9. The van der Waals surface area contributed by atoms with Crippen molar-refractivity contribution in [2.24, 2.45) is 5.41 Å². The number of hydrogen-bond donors (Lipinski definition) is 0. The van der Waals surface area contributed by atoms with Crippen molar-refractivity contribution in [3.05, 3.63) is 90.1 Å². The number of benzene rings is 3. The predicted octanol–water partition coefficient (Wildman–Crippen LogP) is 8.27. The average Bonchev–Trinajstić information content (AvgIpc) is 2.91. The molecular formula is C29H24F6N2O3S. The van der Waals surface area contributed by atoms with E-state index in [0.717, 1.165) is 24.3 Å². The van der Waals surface area contributed by atoms with Gasteiger partial charge in [0.1, 0.15) is 5.69 Å². The molecular weight excluding hydrogens is 570 g/mol. The fraction of sp³-hybridized carbons (Fsp3) is 0.241. The lowest BCUT2D eigenvalue weighted by molar-refractivity contribution is -0.141. The third-order valence-corrected chi connectivity index (χ3v) is 7.01. The summed E-state index contributed by atoms with van der Waals surface area (Å²) in [7, 11) is -4.08. The largest absolute Gasteiger partial charge is 0.433 e. The molecule has 0 aliphatic rings. The zero-order valence-corrected chi connectivity index (χ0v) is 22.8. The van der Waals surface area contributed by atoms with E-state index in [1.165, 1.54) is 30.3 Å². The van der Waals surface area contributed by atoms with Crippen LogP contribution in [0.4, 0.5) is 26.3 Å². The van der Waals surface area contributed by atoms with E-state index in [2.05, 4.69) is 9.97 Å². The first-order valence-electron chi connectivity index (χ1n) is 12.2. The van der Waals surface area contributed by atoms with Gasteiger partial charge in [0.15, 0.2) is 5.82 Å². The normalized spacial score (nSPS) is 12.9. The van der Waals surface area contributed by atoms with E-state index in [1.54, 1.807) is 18.2 Å². The zero-order chi connectivity index (χ0) is 30.2. The second-order valence-corrected chi connectivity index (χ2v) is 12.0. The Morgan fingerprint density at radius 3 is 1.85 bits per heavy atom. The molecule has 0 N–H and O–H groups in total. The van der Waals surface area contributed by atoms with Gasteiger partial charge in [0, 0.05) is 11.1 Å². The summed E-state index contributed by atoms with van der Waals surface area (Å²) in [5.74, 6) is -0.311. The molecule has 41 heavy (non-hydrogen) atoms. The summed E-state index contributed by atoms with van der Waals surface area (Å²) in [5.41, 5.74) is -1.71. The number of hydrogen-bond acceptors (Lipinski definition) is 5. The van der Waals surface area contributed by atoms with Crippen molar-refractivity contribution in [1.82, 2.24) is 9.97 Å². The van der Waals surface area contributed by atoms with Gasteiger partial charge in [-0.05, 0) is 52.9 Å². The van der Waals surface area contributed by atoms with Crippen LogP contribution in [0.3, 0.4) is 0 Å². The highest BCUT2D eigenvalue weighted by Crippen LogP contribution is 2.35. The molecule has 3 aromatic carbocycles. The van der Waals surface area contributed by atoms with Crippen LogP contribution in [0.25, 0.3) is 33.8 Å². The minimum Gasteiger partial charge on any atom is -0.266 e. The molecule has 0 amide bonds. The summed E-state index contributed by atoms with van der Waals surface area (Å²) in [4.78, 5) is 7.78. The highest BCUT2D eigenvalue weighted by atomic mass is 32.2. The van der Waals surface area contributed by atoms with Gasteiger partial charge in [0.25, 0.3) is 10.1 Å². The molecule has 0 spiro atoms. The second kappa shape index (κ2) is 10.9. The second-order valence-electron chi connectivity index (χ2n) is 10.4. The first-order valence-corrected chi connectivity index (χ1v) is 13.6. The van der Waals surface area contributed by atoms with Crippen molar-refractivity contribution in [1.29, 1.82) is 0 Å². The summed E-state index contributed by atoms with van der Waals surface area (Å²) >= 11 is 0. The monoisotopic (exact) mass is 594 g/mol. The maximum Gasteiger partial charge on any atom is 0.433 e. The highest BCUT2D eigenvalue weighted by molar-refractivity contribution is 7.86. The molecule has 12 heteroatoms. The minimum absolute atomic E-state index is 0.0384. The summed E-state index contributed by atoms with van der Waals surface area (Å²) in [6, 6.07) is 16.3. The van der Waals surface area contributed by atoms with Gasteiger partial charge in [-0.1, -0.05) is 63.2 Å². The van der Waals surface area contributed by atoms with Crippen LogP contribution in [-0.2, 0) is 26.7 Å². The molecule has 4 aromatic rings. The summed E-state index contributed by atoms with van der Waals surface area (Å²) in [5, 5.41) is 0. The van der Waals surface area contributed by atoms with Gasteiger partial charge in [-0.2, -0.15) is 34.8 Å². The molecule has 0 fully saturated rings. The van der Waals surface area contributed by atoms with Crippen LogP contribution in [0.15, 0.2) is 83.8 Å². The van der Waals surface area contributed by atoms with Crippen molar-refractivity contribution < 1.29 is 38.9 Å². The topological polar surface area (TPSA) is 69.2 Å². The van der Waals surface area contributed by atoms with E-state index in [9.17, 15) is 34.8 Å². The van der Waals surface area contributed by atoms with Crippen LogP contribution >= 0.6 is 0 Å². The number of alkyl halides is 6.